The van der Waals surface area contributed by atoms with Gasteiger partial charge in [-0.3, -0.25) is 20.3 Å². The predicted molar refractivity (Wildman–Crippen MR) is 85.5 cm³/mol. The van der Waals surface area contributed by atoms with Crippen molar-refractivity contribution < 1.29 is 14.5 Å². The fourth-order valence-electron chi connectivity index (χ4n) is 1.72. The fraction of sp³-hybridized carbons (Fsp3) is 0. The van der Waals surface area contributed by atoms with E-state index in [0.717, 1.165) is 0 Å². The molecule has 1 amide bonds. The third-order valence-electron chi connectivity index (χ3n) is 2.78. The van der Waals surface area contributed by atoms with Crippen LogP contribution >= 0.6 is 11.6 Å². The average molecular weight is 334 g/mol. The van der Waals surface area contributed by atoms with E-state index in [1.807, 2.05) is 5.43 Å². The van der Waals surface area contributed by atoms with E-state index in [4.69, 9.17) is 22.2 Å². The number of non-ortho nitro benzene ring substituents is 1. The number of nitrogens with two attached hydrogens (primary N) is 1. The van der Waals surface area contributed by atoms with Crippen molar-refractivity contribution in [2.45, 2.75) is 0 Å². The number of halogens is 1. The number of carbonyl (C=O) groups is 1. The highest BCUT2D eigenvalue weighted by molar-refractivity contribution is 6.30. The van der Waals surface area contributed by atoms with E-state index in [1.54, 1.807) is 30.3 Å². The van der Waals surface area contributed by atoms with Crippen molar-refractivity contribution >= 4 is 29.3 Å². The number of nitro groups is 1. The zero-order chi connectivity index (χ0) is 16.8. The SMILES string of the molecule is NNC(=O)/C(=C/c1cccc([N+](=O)[O-])c1)Oc1ccc(Cl)cc1. The van der Waals surface area contributed by atoms with Crippen LogP contribution in [0.1, 0.15) is 5.56 Å². The third kappa shape index (κ3) is 4.53. The number of rotatable bonds is 5. The summed E-state index contributed by atoms with van der Waals surface area (Å²) in [6.45, 7) is 0. The number of nitro benzene ring substituents is 1. The molecule has 0 saturated carbocycles. The first kappa shape index (κ1) is 16.5. The number of benzene rings is 2. The third-order valence-corrected chi connectivity index (χ3v) is 3.03. The first-order chi connectivity index (χ1) is 11.0. The molecule has 0 heterocycles. The second-order valence-electron chi connectivity index (χ2n) is 4.39. The van der Waals surface area contributed by atoms with Gasteiger partial charge in [0.1, 0.15) is 5.75 Å². The van der Waals surface area contributed by atoms with Gasteiger partial charge in [0.2, 0.25) is 0 Å². The summed E-state index contributed by atoms with van der Waals surface area (Å²) in [5.41, 5.74) is 2.29. The lowest BCUT2D eigenvalue weighted by Gasteiger charge is -2.09. The highest BCUT2D eigenvalue weighted by atomic mass is 35.5. The number of hydrogen-bond donors (Lipinski definition) is 2. The molecule has 2 aromatic carbocycles. The molecule has 0 bridgehead atoms. The van der Waals surface area contributed by atoms with E-state index in [2.05, 4.69) is 0 Å². The van der Waals surface area contributed by atoms with Crippen LogP contribution in [0.15, 0.2) is 54.3 Å². The maximum absolute atomic E-state index is 11.8. The Morgan fingerprint density at radius 3 is 2.57 bits per heavy atom. The molecule has 0 fully saturated rings. The minimum atomic E-state index is -0.675. The molecule has 3 N–H and O–H groups in total. The number of carbonyl (C=O) groups excluding carboxylic acids is 1. The predicted octanol–water partition coefficient (Wildman–Crippen LogP) is 2.66. The Morgan fingerprint density at radius 1 is 1.26 bits per heavy atom. The summed E-state index contributed by atoms with van der Waals surface area (Å²) in [7, 11) is 0. The van der Waals surface area contributed by atoms with Gasteiger partial charge in [0.05, 0.1) is 4.92 Å². The molecule has 0 atom stereocenters. The second kappa shape index (κ2) is 7.39. The van der Waals surface area contributed by atoms with Crippen molar-refractivity contribution in [3.63, 3.8) is 0 Å². The van der Waals surface area contributed by atoms with Gasteiger partial charge in [0.15, 0.2) is 5.76 Å². The van der Waals surface area contributed by atoms with Crippen molar-refractivity contribution in [2.75, 3.05) is 0 Å². The van der Waals surface area contributed by atoms with E-state index in [-0.39, 0.29) is 11.4 Å². The van der Waals surface area contributed by atoms with Crippen LogP contribution in [-0.2, 0) is 4.79 Å². The van der Waals surface area contributed by atoms with Gasteiger partial charge in [-0.05, 0) is 35.9 Å². The molecule has 0 aliphatic rings. The highest BCUT2D eigenvalue weighted by Crippen LogP contribution is 2.20. The van der Waals surface area contributed by atoms with Crippen molar-refractivity contribution in [2.24, 2.45) is 5.84 Å². The molecular weight excluding hydrogens is 322 g/mol. The quantitative estimate of drug-likeness (QED) is 0.218. The molecule has 2 rings (SSSR count). The van der Waals surface area contributed by atoms with Crippen LogP contribution in [0.25, 0.3) is 6.08 Å². The molecule has 0 spiro atoms. The van der Waals surface area contributed by atoms with Gasteiger partial charge in [-0.1, -0.05) is 23.7 Å². The average Bonchev–Trinajstić information content (AvgIpc) is 2.55. The largest absolute Gasteiger partial charge is 0.452 e. The Labute approximate surface area is 136 Å². The lowest BCUT2D eigenvalue weighted by molar-refractivity contribution is -0.384. The summed E-state index contributed by atoms with van der Waals surface area (Å²) >= 11 is 5.78. The maximum atomic E-state index is 11.8. The lowest BCUT2D eigenvalue weighted by Crippen LogP contribution is -2.33. The van der Waals surface area contributed by atoms with E-state index < -0.39 is 10.8 Å². The van der Waals surface area contributed by atoms with Gasteiger partial charge in [-0.2, -0.15) is 0 Å². The maximum Gasteiger partial charge on any atom is 0.300 e. The van der Waals surface area contributed by atoms with Gasteiger partial charge in [-0.25, -0.2) is 5.84 Å². The van der Waals surface area contributed by atoms with E-state index >= 15 is 0 Å². The second-order valence-corrected chi connectivity index (χ2v) is 4.83. The van der Waals surface area contributed by atoms with Crippen LogP contribution in [0.2, 0.25) is 5.02 Å². The smallest absolute Gasteiger partial charge is 0.300 e. The summed E-state index contributed by atoms with van der Waals surface area (Å²) in [6, 6.07) is 12.1. The van der Waals surface area contributed by atoms with E-state index in [1.165, 1.54) is 24.3 Å². The van der Waals surface area contributed by atoms with Crippen molar-refractivity contribution in [1.29, 1.82) is 0 Å². The number of nitrogens with one attached hydrogen (secondary N) is 1. The zero-order valence-electron chi connectivity index (χ0n) is 11.7. The highest BCUT2D eigenvalue weighted by Gasteiger charge is 2.12. The first-order valence-electron chi connectivity index (χ1n) is 6.40. The Kier molecular flexibility index (Phi) is 5.29. The van der Waals surface area contributed by atoms with E-state index in [9.17, 15) is 14.9 Å². The van der Waals surface area contributed by atoms with Crippen LogP contribution in [-0.4, -0.2) is 10.8 Å². The van der Waals surface area contributed by atoms with Gasteiger partial charge < -0.3 is 4.74 Å². The summed E-state index contributed by atoms with van der Waals surface area (Å²) in [6.07, 6.45) is 1.35. The van der Waals surface area contributed by atoms with Crippen molar-refractivity contribution in [3.05, 3.63) is 75.0 Å². The molecule has 0 unspecified atom stereocenters. The van der Waals surface area contributed by atoms with Gasteiger partial charge in [0.25, 0.3) is 5.69 Å². The topological polar surface area (TPSA) is 107 Å². The van der Waals surface area contributed by atoms with Crippen molar-refractivity contribution in [1.82, 2.24) is 5.43 Å². The summed E-state index contributed by atoms with van der Waals surface area (Å²) in [5.74, 6) is 4.71. The molecule has 0 aromatic heterocycles. The standard InChI is InChI=1S/C15H12ClN3O4/c16-11-4-6-13(7-5-11)23-14(15(20)18-17)9-10-2-1-3-12(8-10)19(21)22/h1-9H,17H2,(H,18,20)/b14-9-. The molecule has 7 nitrogen and oxygen atoms in total. The summed E-state index contributed by atoms with van der Waals surface area (Å²) in [4.78, 5) is 22.1. The van der Waals surface area contributed by atoms with Crippen LogP contribution < -0.4 is 16.0 Å². The fourth-order valence-corrected chi connectivity index (χ4v) is 1.85. The van der Waals surface area contributed by atoms with Crippen LogP contribution in [0.4, 0.5) is 5.69 Å². The van der Waals surface area contributed by atoms with Crippen molar-refractivity contribution in [3.8, 4) is 5.75 Å². The normalized spacial score (nSPS) is 11.0. The molecule has 118 valence electrons. The molecule has 0 aliphatic carbocycles. The molecule has 0 radical (unpaired) electrons. The molecule has 0 saturated heterocycles. The number of nitrogens with zero attached hydrogens (tertiary/aromatic N) is 1. The van der Waals surface area contributed by atoms with Gasteiger partial charge in [-0.15, -0.1) is 0 Å². The zero-order valence-corrected chi connectivity index (χ0v) is 12.5. The summed E-state index contributed by atoms with van der Waals surface area (Å²) in [5, 5.41) is 11.3. The number of hydrogen-bond acceptors (Lipinski definition) is 5. The van der Waals surface area contributed by atoms with Crippen LogP contribution in [0.3, 0.4) is 0 Å². The Morgan fingerprint density at radius 2 is 1.96 bits per heavy atom. The lowest BCUT2D eigenvalue weighted by atomic mass is 10.2. The Balaban J connectivity index is 2.34. The van der Waals surface area contributed by atoms with E-state index in [0.29, 0.717) is 16.3 Å². The van der Waals surface area contributed by atoms with Gasteiger partial charge >= 0.3 is 5.91 Å². The summed E-state index contributed by atoms with van der Waals surface area (Å²) < 4.78 is 5.47. The molecule has 2 aromatic rings. The Bertz CT molecular complexity index is 760. The minimum absolute atomic E-state index is 0.0993. The number of amides is 1. The van der Waals surface area contributed by atoms with Gasteiger partial charge in [0, 0.05) is 17.2 Å². The molecular formula is C15H12ClN3O4. The van der Waals surface area contributed by atoms with Crippen LogP contribution in [0, 0.1) is 10.1 Å². The Hall–Kier alpha value is -2.90. The minimum Gasteiger partial charge on any atom is -0.452 e. The molecule has 8 heteroatoms. The van der Waals surface area contributed by atoms with Crippen LogP contribution in [0.5, 0.6) is 5.75 Å². The number of hydrazine groups is 1. The number of ether oxygens (including phenoxy) is 1. The molecule has 0 aliphatic heterocycles. The first-order valence-corrected chi connectivity index (χ1v) is 6.78. The monoisotopic (exact) mass is 333 g/mol. The molecule has 23 heavy (non-hydrogen) atoms.